The Bertz CT molecular complexity index is 989. The molecule has 0 atom stereocenters. The summed E-state index contributed by atoms with van der Waals surface area (Å²) in [6, 6.07) is 10.8. The molecule has 134 valence electrons. The van der Waals surface area contributed by atoms with Crippen LogP contribution in [-0.4, -0.2) is 10.1 Å². The Kier molecular flexibility index (Phi) is 4.18. The Morgan fingerprint density at radius 3 is 2.46 bits per heavy atom. The van der Waals surface area contributed by atoms with E-state index in [1.54, 1.807) is 13.0 Å². The first-order chi connectivity index (χ1) is 12.5. The van der Waals surface area contributed by atoms with Gasteiger partial charge in [-0.25, -0.2) is 4.39 Å². The zero-order chi connectivity index (χ0) is 18.4. The minimum atomic E-state index is -0.194. The quantitative estimate of drug-likeness (QED) is 0.590. The maximum absolute atomic E-state index is 13.8. The third kappa shape index (κ3) is 2.76. The number of fused-ring (bicyclic) bond motifs is 1. The molecule has 3 aromatic rings. The Morgan fingerprint density at radius 2 is 1.85 bits per heavy atom. The fourth-order valence-electron chi connectivity index (χ4n) is 3.86. The van der Waals surface area contributed by atoms with Crippen molar-refractivity contribution >= 4 is 10.8 Å². The van der Waals surface area contributed by atoms with Crippen LogP contribution in [0.2, 0.25) is 0 Å². The van der Waals surface area contributed by atoms with Crippen molar-refractivity contribution in [2.24, 2.45) is 0 Å². The molecule has 0 radical (unpaired) electrons. The molecule has 0 saturated heterocycles. The number of hydrogen-bond acceptors (Lipinski definition) is 2. The van der Waals surface area contributed by atoms with Crippen molar-refractivity contribution in [2.45, 2.75) is 51.9 Å². The second-order valence-corrected chi connectivity index (χ2v) is 7.73. The van der Waals surface area contributed by atoms with Crippen molar-refractivity contribution in [3.63, 3.8) is 0 Å². The summed E-state index contributed by atoms with van der Waals surface area (Å²) in [5, 5.41) is 12.2. The number of aromatic nitrogens is 1. The molecular weight excluding hydrogens is 325 g/mol. The first-order valence-corrected chi connectivity index (χ1v) is 9.38. The van der Waals surface area contributed by atoms with Crippen molar-refractivity contribution in [3.05, 3.63) is 59.2 Å². The average molecular weight is 349 g/mol. The summed E-state index contributed by atoms with van der Waals surface area (Å²) in [4.78, 5) is 5.09. The molecule has 3 heteroatoms. The van der Waals surface area contributed by atoms with Crippen LogP contribution in [0, 0.1) is 12.7 Å². The summed E-state index contributed by atoms with van der Waals surface area (Å²) in [6.07, 6.45) is 3.55. The van der Waals surface area contributed by atoms with E-state index in [1.807, 2.05) is 24.3 Å². The number of nitrogens with zero attached hydrogens (tertiary/aromatic N) is 1. The van der Waals surface area contributed by atoms with E-state index in [9.17, 15) is 9.50 Å². The van der Waals surface area contributed by atoms with Crippen LogP contribution in [0.1, 0.15) is 61.9 Å². The second-order valence-electron chi connectivity index (χ2n) is 7.73. The predicted octanol–water partition coefficient (Wildman–Crippen LogP) is 6.45. The van der Waals surface area contributed by atoms with Gasteiger partial charge in [0.2, 0.25) is 0 Å². The molecule has 0 unspecified atom stereocenters. The summed E-state index contributed by atoms with van der Waals surface area (Å²) in [5.41, 5.74) is 4.83. The van der Waals surface area contributed by atoms with Crippen LogP contribution in [-0.2, 0) is 0 Å². The largest absolute Gasteiger partial charge is 0.508 e. The highest BCUT2D eigenvalue weighted by molar-refractivity contribution is 6.00. The summed E-state index contributed by atoms with van der Waals surface area (Å²) in [5.74, 6) is 0.799. The molecule has 1 saturated carbocycles. The summed E-state index contributed by atoms with van der Waals surface area (Å²) >= 11 is 0. The van der Waals surface area contributed by atoms with Gasteiger partial charge in [0.05, 0.1) is 11.4 Å². The van der Waals surface area contributed by atoms with Gasteiger partial charge in [-0.2, -0.15) is 0 Å². The van der Waals surface area contributed by atoms with Crippen molar-refractivity contribution in [1.82, 2.24) is 4.98 Å². The highest BCUT2D eigenvalue weighted by Gasteiger charge is 2.26. The molecule has 1 aliphatic carbocycles. The molecule has 2 aromatic carbocycles. The van der Waals surface area contributed by atoms with Gasteiger partial charge in [-0.1, -0.05) is 26.3 Å². The lowest BCUT2D eigenvalue weighted by Gasteiger charge is -2.28. The molecule has 1 heterocycles. The maximum atomic E-state index is 13.8. The monoisotopic (exact) mass is 349 g/mol. The van der Waals surface area contributed by atoms with Crippen LogP contribution in [0.3, 0.4) is 0 Å². The summed E-state index contributed by atoms with van der Waals surface area (Å²) < 4.78 is 13.8. The fourth-order valence-corrected chi connectivity index (χ4v) is 3.86. The Hall–Kier alpha value is -2.42. The van der Waals surface area contributed by atoms with Gasteiger partial charge < -0.3 is 5.11 Å². The third-order valence-electron chi connectivity index (χ3n) is 5.53. The first kappa shape index (κ1) is 17.0. The Morgan fingerprint density at radius 1 is 1.08 bits per heavy atom. The average Bonchev–Trinajstić information content (AvgIpc) is 2.55. The molecule has 2 nitrogen and oxygen atoms in total. The predicted molar refractivity (Wildman–Crippen MR) is 104 cm³/mol. The van der Waals surface area contributed by atoms with Crippen LogP contribution < -0.4 is 0 Å². The van der Waals surface area contributed by atoms with E-state index in [1.165, 1.54) is 12.5 Å². The number of hydrogen-bond donors (Lipinski definition) is 1. The highest BCUT2D eigenvalue weighted by Crippen LogP contribution is 2.44. The molecule has 1 aliphatic rings. The van der Waals surface area contributed by atoms with E-state index in [4.69, 9.17) is 4.98 Å². The highest BCUT2D eigenvalue weighted by atomic mass is 19.1. The van der Waals surface area contributed by atoms with Gasteiger partial charge in [0.15, 0.2) is 0 Å². The molecule has 1 aromatic heterocycles. The smallest absolute Gasteiger partial charge is 0.126 e. The van der Waals surface area contributed by atoms with Gasteiger partial charge in [-0.05, 0) is 72.5 Å². The van der Waals surface area contributed by atoms with Crippen LogP contribution in [0.25, 0.3) is 21.9 Å². The third-order valence-corrected chi connectivity index (χ3v) is 5.53. The minimum absolute atomic E-state index is 0.194. The van der Waals surface area contributed by atoms with Crippen molar-refractivity contribution in [2.75, 3.05) is 0 Å². The SMILES string of the molecule is Cc1cc(-c2c(C(C)C)nc(C3CCC3)c3cc(O)ccc23)ccc1F. The van der Waals surface area contributed by atoms with Crippen molar-refractivity contribution in [1.29, 1.82) is 0 Å². The normalized spacial score (nSPS) is 14.8. The topological polar surface area (TPSA) is 33.1 Å². The van der Waals surface area contributed by atoms with Crippen LogP contribution in [0.5, 0.6) is 5.75 Å². The number of benzene rings is 2. The van der Waals surface area contributed by atoms with Crippen molar-refractivity contribution < 1.29 is 9.50 Å². The molecule has 1 N–H and O–H groups in total. The standard InChI is InChI=1S/C23H24FNO/c1-13(2)22-21(16-7-10-20(24)14(3)11-16)18-9-8-17(26)12-19(18)23(25-22)15-5-4-6-15/h7-13,15,26H,4-6H2,1-3H3. The van der Waals surface area contributed by atoms with E-state index in [2.05, 4.69) is 13.8 Å². The summed E-state index contributed by atoms with van der Waals surface area (Å²) in [6.45, 7) is 6.09. The lowest BCUT2D eigenvalue weighted by Crippen LogP contribution is -2.13. The van der Waals surface area contributed by atoms with Crippen molar-refractivity contribution in [3.8, 4) is 16.9 Å². The van der Waals surface area contributed by atoms with Gasteiger partial charge >= 0.3 is 0 Å². The Labute approximate surface area is 153 Å². The number of aromatic hydroxyl groups is 1. The lowest BCUT2D eigenvalue weighted by molar-refractivity contribution is 0.412. The number of phenols is 1. The maximum Gasteiger partial charge on any atom is 0.126 e. The van der Waals surface area contributed by atoms with Gasteiger partial charge in [-0.15, -0.1) is 0 Å². The van der Waals surface area contributed by atoms with E-state index >= 15 is 0 Å². The molecular formula is C23H24FNO. The van der Waals surface area contributed by atoms with E-state index in [-0.39, 0.29) is 17.5 Å². The lowest BCUT2D eigenvalue weighted by atomic mass is 9.79. The number of aryl methyl sites for hydroxylation is 1. The van der Waals surface area contributed by atoms with Gasteiger partial charge in [0.25, 0.3) is 0 Å². The van der Waals surface area contributed by atoms with Crippen LogP contribution in [0.4, 0.5) is 4.39 Å². The minimum Gasteiger partial charge on any atom is -0.508 e. The van der Waals surface area contributed by atoms with E-state index in [0.29, 0.717) is 11.5 Å². The zero-order valence-electron chi connectivity index (χ0n) is 15.5. The number of phenolic OH excluding ortho intramolecular Hbond substituents is 1. The molecule has 0 aliphatic heterocycles. The molecule has 0 amide bonds. The van der Waals surface area contributed by atoms with Crippen LogP contribution in [0.15, 0.2) is 36.4 Å². The number of halogens is 1. The van der Waals surface area contributed by atoms with E-state index in [0.717, 1.165) is 46.1 Å². The van der Waals surface area contributed by atoms with Gasteiger partial charge in [-0.3, -0.25) is 4.98 Å². The zero-order valence-corrected chi connectivity index (χ0v) is 15.5. The molecule has 26 heavy (non-hydrogen) atoms. The molecule has 1 fully saturated rings. The van der Waals surface area contributed by atoms with Crippen LogP contribution >= 0.6 is 0 Å². The fraction of sp³-hybridized carbons (Fsp3) is 0.348. The summed E-state index contributed by atoms with van der Waals surface area (Å²) in [7, 11) is 0. The van der Waals surface area contributed by atoms with Gasteiger partial charge in [0, 0.05) is 16.9 Å². The molecule has 4 rings (SSSR count). The second kappa shape index (κ2) is 6.39. The Balaban J connectivity index is 2.07. The molecule has 0 spiro atoms. The first-order valence-electron chi connectivity index (χ1n) is 9.38. The number of rotatable bonds is 3. The molecule has 0 bridgehead atoms. The van der Waals surface area contributed by atoms with E-state index < -0.39 is 0 Å². The number of pyridine rings is 1. The van der Waals surface area contributed by atoms with Gasteiger partial charge in [0.1, 0.15) is 11.6 Å².